The molecule has 0 saturated heterocycles. The second kappa shape index (κ2) is 5.18. The summed E-state index contributed by atoms with van der Waals surface area (Å²) in [5.74, 6) is 1.30. The number of nitrogens with zero attached hydrogens (tertiary/aromatic N) is 3. The molecule has 5 nitrogen and oxygen atoms in total. The van der Waals surface area contributed by atoms with Gasteiger partial charge in [-0.05, 0) is 6.92 Å². The van der Waals surface area contributed by atoms with E-state index in [1.165, 1.54) is 0 Å². The fourth-order valence-corrected chi connectivity index (χ4v) is 2.00. The fraction of sp³-hybridized carbons (Fsp3) is 0.500. The predicted molar refractivity (Wildman–Crippen MR) is 61.3 cm³/mol. The fourth-order valence-electron chi connectivity index (χ4n) is 1.35. The topological polar surface area (TPSA) is 63.8 Å². The van der Waals surface area contributed by atoms with Crippen LogP contribution in [-0.4, -0.2) is 21.7 Å². The van der Waals surface area contributed by atoms with Gasteiger partial charge in [-0.3, -0.25) is 0 Å². The molecule has 6 heteroatoms. The van der Waals surface area contributed by atoms with Crippen LogP contribution < -0.4 is 5.32 Å². The zero-order chi connectivity index (χ0) is 11.4. The van der Waals surface area contributed by atoms with Gasteiger partial charge >= 0.3 is 0 Å². The van der Waals surface area contributed by atoms with Crippen molar-refractivity contribution in [2.75, 3.05) is 6.54 Å². The van der Waals surface area contributed by atoms with Crippen LogP contribution in [0.15, 0.2) is 9.90 Å². The van der Waals surface area contributed by atoms with Gasteiger partial charge in [0.2, 0.25) is 5.89 Å². The second-order valence-electron chi connectivity index (χ2n) is 3.51. The van der Waals surface area contributed by atoms with Crippen LogP contribution in [0.1, 0.15) is 22.4 Å². The third-order valence-corrected chi connectivity index (χ3v) is 2.90. The van der Waals surface area contributed by atoms with Gasteiger partial charge < -0.3 is 9.84 Å². The minimum absolute atomic E-state index is 0.604. The van der Waals surface area contributed by atoms with Gasteiger partial charge in [-0.15, -0.1) is 11.3 Å². The summed E-state index contributed by atoms with van der Waals surface area (Å²) in [7, 11) is 0. The molecule has 0 aliphatic heterocycles. The SMILES string of the molecule is Cc1nc(CNCCc2csc(C)n2)no1. The lowest BCUT2D eigenvalue weighted by Gasteiger charge is -1.98. The molecule has 2 aromatic rings. The van der Waals surface area contributed by atoms with Crippen LogP contribution in [-0.2, 0) is 13.0 Å². The van der Waals surface area contributed by atoms with Crippen LogP contribution >= 0.6 is 11.3 Å². The number of thiazole rings is 1. The molecule has 0 amide bonds. The molecule has 0 fully saturated rings. The summed E-state index contributed by atoms with van der Waals surface area (Å²) in [5, 5.41) is 10.3. The predicted octanol–water partition coefficient (Wildman–Crippen LogP) is 1.48. The first-order chi connectivity index (χ1) is 7.74. The quantitative estimate of drug-likeness (QED) is 0.799. The Morgan fingerprint density at radius 3 is 2.88 bits per heavy atom. The molecule has 16 heavy (non-hydrogen) atoms. The lowest BCUT2D eigenvalue weighted by molar-refractivity contribution is 0.385. The first kappa shape index (κ1) is 11.2. The van der Waals surface area contributed by atoms with Crippen LogP contribution in [0.2, 0.25) is 0 Å². The van der Waals surface area contributed by atoms with Gasteiger partial charge in [0.05, 0.1) is 17.2 Å². The van der Waals surface area contributed by atoms with Crippen molar-refractivity contribution in [2.24, 2.45) is 0 Å². The van der Waals surface area contributed by atoms with Crippen molar-refractivity contribution in [3.05, 3.63) is 27.8 Å². The van der Waals surface area contributed by atoms with E-state index in [4.69, 9.17) is 4.52 Å². The van der Waals surface area contributed by atoms with E-state index in [1.807, 2.05) is 6.92 Å². The lowest BCUT2D eigenvalue weighted by atomic mass is 10.3. The van der Waals surface area contributed by atoms with Crippen molar-refractivity contribution in [1.29, 1.82) is 0 Å². The Morgan fingerprint density at radius 2 is 2.25 bits per heavy atom. The third kappa shape index (κ3) is 3.11. The normalized spacial score (nSPS) is 10.9. The number of rotatable bonds is 5. The summed E-state index contributed by atoms with van der Waals surface area (Å²) in [6.45, 7) is 5.31. The van der Waals surface area contributed by atoms with E-state index >= 15 is 0 Å². The van der Waals surface area contributed by atoms with E-state index < -0.39 is 0 Å². The molecule has 86 valence electrons. The van der Waals surface area contributed by atoms with Gasteiger partial charge in [0.15, 0.2) is 5.82 Å². The largest absolute Gasteiger partial charge is 0.340 e. The molecule has 0 spiro atoms. The van der Waals surface area contributed by atoms with Crippen molar-refractivity contribution in [3.63, 3.8) is 0 Å². The minimum Gasteiger partial charge on any atom is -0.340 e. The first-order valence-electron chi connectivity index (χ1n) is 5.15. The summed E-state index contributed by atoms with van der Waals surface area (Å²) >= 11 is 1.68. The van der Waals surface area contributed by atoms with Crippen LogP contribution in [0.25, 0.3) is 0 Å². The summed E-state index contributed by atoms with van der Waals surface area (Å²) in [6.07, 6.45) is 0.932. The standard InChI is InChI=1S/C10H14N4OS/c1-7-12-10(14-15-7)5-11-4-3-9-6-16-8(2)13-9/h6,11H,3-5H2,1-2H3. The van der Waals surface area contributed by atoms with Crippen molar-refractivity contribution in [1.82, 2.24) is 20.4 Å². The van der Waals surface area contributed by atoms with Crippen LogP contribution in [0.4, 0.5) is 0 Å². The highest BCUT2D eigenvalue weighted by Crippen LogP contribution is 2.07. The molecule has 0 unspecified atom stereocenters. The van der Waals surface area contributed by atoms with Crippen molar-refractivity contribution >= 4 is 11.3 Å². The summed E-state index contributed by atoms with van der Waals surface area (Å²) < 4.78 is 4.87. The maximum atomic E-state index is 4.87. The maximum Gasteiger partial charge on any atom is 0.223 e. The highest BCUT2D eigenvalue weighted by Gasteiger charge is 2.01. The van der Waals surface area contributed by atoms with Crippen LogP contribution in [0, 0.1) is 13.8 Å². The summed E-state index contributed by atoms with van der Waals surface area (Å²) in [5.41, 5.74) is 1.14. The molecular formula is C10H14N4OS. The van der Waals surface area contributed by atoms with Gasteiger partial charge in [0.25, 0.3) is 0 Å². The number of aryl methyl sites for hydroxylation is 2. The van der Waals surface area contributed by atoms with E-state index in [9.17, 15) is 0 Å². The molecular weight excluding hydrogens is 224 g/mol. The minimum atomic E-state index is 0.604. The Balaban J connectivity index is 1.69. The molecule has 0 aromatic carbocycles. The second-order valence-corrected chi connectivity index (χ2v) is 4.58. The van der Waals surface area contributed by atoms with Crippen molar-refractivity contribution < 1.29 is 4.52 Å². The summed E-state index contributed by atoms with van der Waals surface area (Å²) in [4.78, 5) is 8.49. The van der Waals surface area contributed by atoms with Crippen molar-refractivity contribution in [2.45, 2.75) is 26.8 Å². The van der Waals surface area contributed by atoms with Crippen LogP contribution in [0.3, 0.4) is 0 Å². The van der Waals surface area contributed by atoms with Gasteiger partial charge in [0, 0.05) is 25.3 Å². The average Bonchev–Trinajstić information content (AvgIpc) is 2.83. The summed E-state index contributed by atoms with van der Waals surface area (Å²) in [6, 6.07) is 0. The van der Waals surface area contributed by atoms with E-state index in [-0.39, 0.29) is 0 Å². The Labute approximate surface area is 97.9 Å². The van der Waals surface area contributed by atoms with E-state index in [1.54, 1.807) is 18.3 Å². The van der Waals surface area contributed by atoms with E-state index in [0.29, 0.717) is 18.3 Å². The van der Waals surface area contributed by atoms with Crippen molar-refractivity contribution in [3.8, 4) is 0 Å². The zero-order valence-electron chi connectivity index (χ0n) is 9.36. The highest BCUT2D eigenvalue weighted by molar-refractivity contribution is 7.09. The zero-order valence-corrected chi connectivity index (χ0v) is 10.2. The van der Waals surface area contributed by atoms with Crippen LogP contribution in [0.5, 0.6) is 0 Å². The van der Waals surface area contributed by atoms with Gasteiger partial charge in [0.1, 0.15) is 0 Å². The Bertz CT molecular complexity index is 409. The molecule has 1 N–H and O–H groups in total. The molecule has 2 rings (SSSR count). The number of nitrogens with one attached hydrogen (secondary N) is 1. The Morgan fingerprint density at radius 1 is 1.38 bits per heavy atom. The number of hydrogen-bond acceptors (Lipinski definition) is 6. The molecule has 0 aliphatic rings. The average molecular weight is 238 g/mol. The monoisotopic (exact) mass is 238 g/mol. The van der Waals surface area contributed by atoms with Gasteiger partial charge in [-0.25, -0.2) is 4.98 Å². The molecule has 0 aliphatic carbocycles. The number of hydrogen-bond donors (Lipinski definition) is 1. The Hall–Kier alpha value is -1.27. The van der Waals surface area contributed by atoms with Gasteiger partial charge in [-0.1, -0.05) is 5.16 Å². The molecule has 2 heterocycles. The number of aromatic nitrogens is 3. The highest BCUT2D eigenvalue weighted by atomic mass is 32.1. The third-order valence-electron chi connectivity index (χ3n) is 2.08. The van der Waals surface area contributed by atoms with E-state index in [2.05, 4.69) is 25.8 Å². The molecule has 0 radical (unpaired) electrons. The first-order valence-corrected chi connectivity index (χ1v) is 6.03. The van der Waals surface area contributed by atoms with E-state index in [0.717, 1.165) is 23.7 Å². The smallest absolute Gasteiger partial charge is 0.223 e. The molecule has 0 bridgehead atoms. The molecule has 0 atom stereocenters. The Kier molecular flexibility index (Phi) is 3.63. The van der Waals surface area contributed by atoms with Gasteiger partial charge in [-0.2, -0.15) is 4.98 Å². The lowest BCUT2D eigenvalue weighted by Crippen LogP contribution is -2.17. The molecule has 2 aromatic heterocycles. The molecule has 0 saturated carbocycles. The maximum absolute atomic E-state index is 4.87.